The minimum Gasteiger partial charge on any atom is -0.389 e. The summed E-state index contributed by atoms with van der Waals surface area (Å²) in [7, 11) is 0. The second-order valence-corrected chi connectivity index (χ2v) is 11.9. The van der Waals surface area contributed by atoms with Crippen LogP contribution in [-0.2, 0) is 4.74 Å². The number of guanidine groups is 2. The number of nitrogens with two attached hydrogens (primary N) is 3. The molecule has 0 saturated heterocycles. The maximum Gasteiger partial charge on any atom is 0.216 e. The van der Waals surface area contributed by atoms with Crippen molar-refractivity contribution >= 4 is 18.1 Å². The number of ether oxygens (including phenoxy) is 1. The Balaban J connectivity index is 1.54. The Kier molecular flexibility index (Phi) is 6.98. The van der Waals surface area contributed by atoms with Gasteiger partial charge >= 0.3 is 0 Å². The van der Waals surface area contributed by atoms with E-state index in [2.05, 4.69) is 12.0 Å². The van der Waals surface area contributed by atoms with E-state index in [9.17, 15) is 10.2 Å². The molecule has 0 amide bonds. The van der Waals surface area contributed by atoms with Crippen molar-refractivity contribution in [1.29, 1.82) is 10.8 Å². The molecule has 0 aromatic carbocycles. The van der Waals surface area contributed by atoms with Crippen molar-refractivity contribution < 1.29 is 14.9 Å². The molecule has 8 atom stereocenters. The van der Waals surface area contributed by atoms with E-state index in [0.29, 0.717) is 43.7 Å². The molecule has 198 valence electrons. The first-order valence-electron chi connectivity index (χ1n) is 13.2. The second kappa shape index (κ2) is 9.28. The average Bonchev–Trinajstić information content (AvgIpc) is 3.00. The molecule has 0 aromatic rings. The number of aliphatic hydroxyl groups is 2. The third-order valence-electron chi connectivity index (χ3n) is 10.6. The highest BCUT2D eigenvalue weighted by molar-refractivity contribution is 5.94. The summed E-state index contributed by atoms with van der Waals surface area (Å²) in [4.78, 5) is 0. The fourth-order valence-corrected chi connectivity index (χ4v) is 8.34. The summed E-state index contributed by atoms with van der Waals surface area (Å²) in [6, 6.07) is 0. The van der Waals surface area contributed by atoms with Gasteiger partial charge in [-0.15, -0.1) is 0 Å². The van der Waals surface area contributed by atoms with Crippen LogP contribution in [0, 0.1) is 39.4 Å². The van der Waals surface area contributed by atoms with Gasteiger partial charge in [0, 0.05) is 12.0 Å². The van der Waals surface area contributed by atoms with Crippen molar-refractivity contribution in [2.45, 2.75) is 95.4 Å². The zero-order valence-corrected chi connectivity index (χ0v) is 21.3. The first-order chi connectivity index (χ1) is 16.4. The Morgan fingerprint density at radius 1 is 1.03 bits per heavy atom. The van der Waals surface area contributed by atoms with Gasteiger partial charge in [-0.2, -0.15) is 10.1 Å². The third kappa shape index (κ3) is 4.06. The highest BCUT2D eigenvalue weighted by Gasteiger charge is 2.71. The topological polar surface area (TPSA) is 191 Å². The number of hydrogen-bond donors (Lipinski definition) is 7. The summed E-state index contributed by atoms with van der Waals surface area (Å²) in [5, 5.41) is 44.1. The van der Waals surface area contributed by atoms with Gasteiger partial charge in [-0.3, -0.25) is 10.8 Å². The van der Waals surface area contributed by atoms with E-state index in [1.165, 1.54) is 6.21 Å². The Bertz CT molecular complexity index is 856. The van der Waals surface area contributed by atoms with Crippen LogP contribution in [0.4, 0.5) is 0 Å². The molecule has 0 bridgehead atoms. The maximum atomic E-state index is 12.3. The number of hydrazone groups is 1. The fraction of sp³-hybridized carbons (Fsp3) is 0.880. The summed E-state index contributed by atoms with van der Waals surface area (Å²) in [5.74, 6) is 0.141. The Hall–Kier alpha value is -1.75. The van der Waals surface area contributed by atoms with Crippen LogP contribution in [0.25, 0.3) is 0 Å². The lowest BCUT2D eigenvalue weighted by molar-refractivity contribution is -0.225. The molecule has 4 saturated carbocycles. The van der Waals surface area contributed by atoms with Crippen molar-refractivity contribution in [2.24, 2.45) is 50.9 Å². The van der Waals surface area contributed by atoms with Crippen molar-refractivity contribution in [3.05, 3.63) is 0 Å². The smallest absolute Gasteiger partial charge is 0.216 e. The molecule has 35 heavy (non-hydrogen) atoms. The highest BCUT2D eigenvalue weighted by atomic mass is 16.5. The number of nitrogens with one attached hydrogen (secondary N) is 2. The molecule has 4 rings (SSSR count). The summed E-state index contributed by atoms with van der Waals surface area (Å²) in [6.07, 6.45) is 10.3. The highest BCUT2D eigenvalue weighted by Crippen LogP contribution is 2.69. The molecular weight excluding hydrogens is 446 g/mol. The van der Waals surface area contributed by atoms with Gasteiger partial charge in [-0.1, -0.05) is 13.8 Å². The van der Waals surface area contributed by atoms with Crippen molar-refractivity contribution in [3.8, 4) is 0 Å². The number of rotatable bonds is 6. The maximum absolute atomic E-state index is 12.3. The summed E-state index contributed by atoms with van der Waals surface area (Å²) in [5.41, 5.74) is 13.6. The number of nitrogens with zero attached hydrogens (tertiary/aromatic N) is 2. The molecule has 0 spiro atoms. The molecule has 0 aromatic heterocycles. The summed E-state index contributed by atoms with van der Waals surface area (Å²) >= 11 is 0. The van der Waals surface area contributed by atoms with Crippen LogP contribution < -0.4 is 17.2 Å². The molecular formula is C25H45N7O3. The Labute approximate surface area is 208 Å². The summed E-state index contributed by atoms with van der Waals surface area (Å²) in [6.45, 7) is 5.80. The SMILES string of the molecule is C[C@]12CCC(OCCCN)CC1CC[C@@H]1[C@H]2CC[C@]2(C)C(O)(/C=N/N(C(=N)N)C(=N)N)CC[C@@]12O. The lowest BCUT2D eigenvalue weighted by atomic mass is 9.43. The first-order valence-corrected chi connectivity index (χ1v) is 13.2. The van der Waals surface area contributed by atoms with E-state index in [0.717, 1.165) is 56.6 Å². The van der Waals surface area contributed by atoms with Crippen LogP contribution >= 0.6 is 0 Å². The van der Waals surface area contributed by atoms with Gasteiger partial charge in [0.2, 0.25) is 11.9 Å². The summed E-state index contributed by atoms with van der Waals surface area (Å²) < 4.78 is 6.14. The average molecular weight is 492 g/mol. The zero-order valence-electron chi connectivity index (χ0n) is 21.3. The van der Waals surface area contributed by atoms with Gasteiger partial charge < -0.3 is 32.2 Å². The van der Waals surface area contributed by atoms with Gasteiger partial charge in [0.25, 0.3) is 0 Å². The van der Waals surface area contributed by atoms with Gasteiger partial charge in [0.05, 0.1) is 17.9 Å². The standard InChI is InChI=1S/C25H45N7O3/c1-22-8-6-17(35-13-3-12-26)14-16(22)4-5-19-18(22)7-9-23(2)24(33,10-11-25(19,23)34)15-31-32(20(27)28)21(29)30/h15-19,33-34H,3-14,26H2,1-2H3,(H3,27,28)(H3,29,30)/b31-15+/t16?,17?,18-,19-,22+,23-,24?,25-/m1/s1. The monoisotopic (exact) mass is 491 g/mol. The van der Waals surface area contributed by atoms with Gasteiger partial charge in [0.1, 0.15) is 5.60 Å². The van der Waals surface area contributed by atoms with E-state index >= 15 is 0 Å². The lowest BCUT2D eigenvalue weighted by Crippen LogP contribution is -2.65. The van der Waals surface area contributed by atoms with Crippen LogP contribution in [-0.4, -0.2) is 63.8 Å². The van der Waals surface area contributed by atoms with E-state index in [1.54, 1.807) is 0 Å². The first kappa shape index (κ1) is 26.3. The van der Waals surface area contributed by atoms with Crippen LogP contribution in [0.2, 0.25) is 0 Å². The van der Waals surface area contributed by atoms with E-state index < -0.39 is 28.5 Å². The molecule has 10 nitrogen and oxygen atoms in total. The van der Waals surface area contributed by atoms with E-state index in [1.807, 2.05) is 6.92 Å². The Morgan fingerprint density at radius 2 is 1.74 bits per heavy atom. The van der Waals surface area contributed by atoms with E-state index in [4.69, 9.17) is 32.8 Å². The Morgan fingerprint density at radius 3 is 2.40 bits per heavy atom. The molecule has 3 unspecified atom stereocenters. The molecule has 0 radical (unpaired) electrons. The van der Waals surface area contributed by atoms with Crippen molar-refractivity contribution in [2.75, 3.05) is 13.2 Å². The molecule has 0 aliphatic heterocycles. The normalized spacial score (nSPS) is 44.9. The predicted octanol–water partition coefficient (Wildman–Crippen LogP) is 1.68. The van der Waals surface area contributed by atoms with E-state index in [-0.39, 0.29) is 11.3 Å². The quantitative estimate of drug-likeness (QED) is 0.127. The lowest BCUT2D eigenvalue weighted by Gasteiger charge is -2.64. The van der Waals surface area contributed by atoms with Crippen LogP contribution in [0.3, 0.4) is 0 Å². The van der Waals surface area contributed by atoms with Crippen LogP contribution in [0.1, 0.15) is 78.1 Å². The zero-order chi connectivity index (χ0) is 25.6. The largest absolute Gasteiger partial charge is 0.389 e. The minimum atomic E-state index is -1.37. The van der Waals surface area contributed by atoms with Crippen LogP contribution in [0.15, 0.2) is 5.10 Å². The van der Waals surface area contributed by atoms with Crippen molar-refractivity contribution in [1.82, 2.24) is 5.01 Å². The molecule has 0 heterocycles. The minimum absolute atomic E-state index is 0.122. The molecule has 4 fully saturated rings. The molecule has 10 heteroatoms. The molecule has 4 aliphatic rings. The second-order valence-electron chi connectivity index (χ2n) is 11.9. The van der Waals surface area contributed by atoms with Gasteiger partial charge in [-0.05, 0) is 93.9 Å². The predicted molar refractivity (Wildman–Crippen MR) is 136 cm³/mol. The molecule has 10 N–H and O–H groups in total. The van der Waals surface area contributed by atoms with Gasteiger partial charge in [0.15, 0.2) is 0 Å². The van der Waals surface area contributed by atoms with Crippen LogP contribution in [0.5, 0.6) is 0 Å². The number of hydrogen-bond acceptors (Lipinski definition) is 7. The fourth-order valence-electron chi connectivity index (χ4n) is 8.34. The van der Waals surface area contributed by atoms with Crippen molar-refractivity contribution in [3.63, 3.8) is 0 Å². The molecule has 4 aliphatic carbocycles. The van der Waals surface area contributed by atoms with Gasteiger partial charge in [-0.25, -0.2) is 0 Å². The third-order valence-corrected chi connectivity index (χ3v) is 10.6. The number of fused-ring (bicyclic) bond motifs is 5.